The maximum Gasteiger partial charge on any atom is 0.326 e. The lowest BCUT2D eigenvalue weighted by Crippen LogP contribution is -2.54. The van der Waals surface area contributed by atoms with Gasteiger partial charge in [0.15, 0.2) is 0 Å². The van der Waals surface area contributed by atoms with E-state index in [0.29, 0.717) is 25.8 Å². The monoisotopic (exact) mass is 416 g/mol. The summed E-state index contributed by atoms with van der Waals surface area (Å²) < 4.78 is 0. The van der Waals surface area contributed by atoms with E-state index in [1.54, 1.807) is 0 Å². The van der Waals surface area contributed by atoms with Gasteiger partial charge in [0.25, 0.3) is 0 Å². The van der Waals surface area contributed by atoms with Crippen LogP contribution in [-0.2, 0) is 25.6 Å². The minimum atomic E-state index is -1.04. The van der Waals surface area contributed by atoms with Crippen molar-refractivity contribution in [3.8, 4) is 0 Å². The first kappa shape index (κ1) is 21.8. The zero-order valence-corrected chi connectivity index (χ0v) is 16.8. The molecule has 2 saturated heterocycles. The van der Waals surface area contributed by atoms with Crippen molar-refractivity contribution in [2.24, 2.45) is 0 Å². The normalized spacial score (nSPS) is 21.8. The molecule has 2 aliphatic rings. The van der Waals surface area contributed by atoms with Gasteiger partial charge in [0.2, 0.25) is 17.7 Å². The Morgan fingerprint density at radius 2 is 1.90 bits per heavy atom. The molecule has 0 spiro atoms. The van der Waals surface area contributed by atoms with E-state index >= 15 is 0 Å². The molecule has 0 bridgehead atoms. The number of hydrogen-bond donors (Lipinski definition) is 4. The molecule has 0 aliphatic carbocycles. The average molecular weight is 416 g/mol. The number of hydrogen-bond acceptors (Lipinski definition) is 5. The number of amides is 3. The van der Waals surface area contributed by atoms with E-state index in [4.69, 9.17) is 0 Å². The summed E-state index contributed by atoms with van der Waals surface area (Å²) in [6.07, 6.45) is 2.95. The summed E-state index contributed by atoms with van der Waals surface area (Å²) in [6, 6.07) is 7.32. The Hall–Kier alpha value is -2.94. The van der Waals surface area contributed by atoms with E-state index in [2.05, 4.69) is 16.0 Å². The van der Waals surface area contributed by atoms with Gasteiger partial charge in [-0.2, -0.15) is 0 Å². The van der Waals surface area contributed by atoms with Crippen LogP contribution >= 0.6 is 0 Å². The number of carboxylic acids is 1. The highest BCUT2D eigenvalue weighted by molar-refractivity contribution is 5.93. The summed E-state index contributed by atoms with van der Waals surface area (Å²) in [4.78, 5) is 50.3. The second-order valence-corrected chi connectivity index (χ2v) is 7.70. The lowest BCUT2D eigenvalue weighted by atomic mass is 10.0. The third-order valence-corrected chi connectivity index (χ3v) is 5.56. The minimum Gasteiger partial charge on any atom is -0.480 e. The molecule has 9 nitrogen and oxygen atoms in total. The maximum absolute atomic E-state index is 12.8. The molecule has 3 unspecified atom stereocenters. The fraction of sp³-hybridized carbons (Fsp3) is 0.524. The summed E-state index contributed by atoms with van der Waals surface area (Å²) in [6.45, 7) is 0.831. The molecule has 4 N–H and O–H groups in total. The summed E-state index contributed by atoms with van der Waals surface area (Å²) in [5.41, 5.74) is 0.883. The van der Waals surface area contributed by atoms with E-state index in [0.717, 1.165) is 24.9 Å². The topological polar surface area (TPSA) is 128 Å². The SMILES string of the molecule is O=C(NC(Cc1ccccc1)C(=O)NCC(=O)N1CCCC1C(=O)O)C1CCCN1. The van der Waals surface area contributed by atoms with E-state index in [1.165, 1.54) is 4.90 Å². The standard InChI is InChI=1S/C21H28N4O5/c26-18(25-11-5-9-17(25)21(29)30)13-23-19(27)16(12-14-6-2-1-3-7-14)24-20(28)15-8-4-10-22-15/h1-3,6-7,15-17,22H,4-5,8-13H2,(H,23,27)(H,24,28)(H,29,30). The van der Waals surface area contributed by atoms with Crippen LogP contribution in [0.1, 0.15) is 31.2 Å². The molecule has 2 heterocycles. The minimum absolute atomic E-state index is 0.236. The largest absolute Gasteiger partial charge is 0.480 e. The van der Waals surface area contributed by atoms with Crippen molar-refractivity contribution in [1.29, 1.82) is 0 Å². The van der Waals surface area contributed by atoms with Crippen molar-refractivity contribution in [1.82, 2.24) is 20.9 Å². The lowest BCUT2D eigenvalue weighted by molar-refractivity contribution is -0.148. The Morgan fingerprint density at radius 1 is 1.13 bits per heavy atom. The maximum atomic E-state index is 12.8. The second-order valence-electron chi connectivity index (χ2n) is 7.70. The highest BCUT2D eigenvalue weighted by atomic mass is 16.4. The zero-order valence-electron chi connectivity index (χ0n) is 16.8. The molecule has 0 aromatic heterocycles. The summed E-state index contributed by atoms with van der Waals surface area (Å²) in [5, 5.41) is 17.7. The molecule has 1 aromatic carbocycles. The summed E-state index contributed by atoms with van der Waals surface area (Å²) in [7, 11) is 0. The number of carbonyl (C=O) groups excluding carboxylic acids is 3. The van der Waals surface area contributed by atoms with Crippen molar-refractivity contribution in [2.45, 2.75) is 50.2 Å². The molecule has 9 heteroatoms. The molecular formula is C21H28N4O5. The summed E-state index contributed by atoms with van der Waals surface area (Å²) >= 11 is 0. The van der Waals surface area contributed by atoms with Gasteiger partial charge in [-0.05, 0) is 37.8 Å². The van der Waals surface area contributed by atoms with Crippen LogP contribution in [0.2, 0.25) is 0 Å². The van der Waals surface area contributed by atoms with Crippen LogP contribution in [0.25, 0.3) is 0 Å². The average Bonchev–Trinajstić information content (AvgIpc) is 3.44. The van der Waals surface area contributed by atoms with Crippen molar-refractivity contribution < 1.29 is 24.3 Å². The van der Waals surface area contributed by atoms with Gasteiger partial charge in [0.05, 0.1) is 12.6 Å². The molecular weight excluding hydrogens is 388 g/mol. The van der Waals surface area contributed by atoms with Gasteiger partial charge >= 0.3 is 5.97 Å². The number of likely N-dealkylation sites (tertiary alicyclic amines) is 1. The molecule has 1 aromatic rings. The highest BCUT2D eigenvalue weighted by Gasteiger charge is 2.34. The number of aliphatic carboxylic acids is 1. The number of carbonyl (C=O) groups is 4. The molecule has 162 valence electrons. The van der Waals surface area contributed by atoms with Crippen LogP contribution in [0.3, 0.4) is 0 Å². The molecule has 0 saturated carbocycles. The third-order valence-electron chi connectivity index (χ3n) is 5.56. The van der Waals surface area contributed by atoms with Gasteiger partial charge in [0.1, 0.15) is 12.1 Å². The molecule has 2 fully saturated rings. The van der Waals surface area contributed by atoms with Crippen LogP contribution in [0.15, 0.2) is 30.3 Å². The van der Waals surface area contributed by atoms with Gasteiger partial charge in [-0.15, -0.1) is 0 Å². The van der Waals surface area contributed by atoms with Gasteiger partial charge in [-0.1, -0.05) is 30.3 Å². The van der Waals surface area contributed by atoms with Gasteiger partial charge in [-0.25, -0.2) is 4.79 Å². The van der Waals surface area contributed by atoms with Gasteiger partial charge in [0, 0.05) is 13.0 Å². The van der Waals surface area contributed by atoms with Crippen LogP contribution in [0, 0.1) is 0 Å². The number of benzene rings is 1. The first-order valence-electron chi connectivity index (χ1n) is 10.3. The molecule has 3 atom stereocenters. The first-order chi connectivity index (χ1) is 14.5. The highest BCUT2D eigenvalue weighted by Crippen LogP contribution is 2.17. The fourth-order valence-electron chi connectivity index (χ4n) is 3.95. The predicted octanol–water partition coefficient (Wildman–Crippen LogP) is -0.342. The Labute approximate surface area is 175 Å². The fourth-order valence-corrected chi connectivity index (χ4v) is 3.95. The Balaban J connectivity index is 1.61. The lowest BCUT2D eigenvalue weighted by Gasteiger charge is -2.23. The van der Waals surface area contributed by atoms with E-state index in [-0.39, 0.29) is 18.5 Å². The Morgan fingerprint density at radius 3 is 2.57 bits per heavy atom. The predicted molar refractivity (Wildman–Crippen MR) is 108 cm³/mol. The van der Waals surface area contributed by atoms with Crippen molar-refractivity contribution in [3.63, 3.8) is 0 Å². The van der Waals surface area contributed by atoms with Crippen LogP contribution in [0.4, 0.5) is 0 Å². The number of rotatable bonds is 8. The van der Waals surface area contributed by atoms with Crippen LogP contribution < -0.4 is 16.0 Å². The zero-order chi connectivity index (χ0) is 21.5. The van der Waals surface area contributed by atoms with E-state index in [9.17, 15) is 24.3 Å². The Bertz CT molecular complexity index is 779. The smallest absolute Gasteiger partial charge is 0.326 e. The van der Waals surface area contributed by atoms with Crippen molar-refractivity contribution in [2.75, 3.05) is 19.6 Å². The van der Waals surface area contributed by atoms with Crippen molar-refractivity contribution >= 4 is 23.7 Å². The molecule has 2 aliphatic heterocycles. The first-order valence-corrected chi connectivity index (χ1v) is 10.3. The van der Waals surface area contributed by atoms with Gasteiger partial charge < -0.3 is 26.0 Å². The third kappa shape index (κ3) is 5.56. The number of nitrogens with zero attached hydrogens (tertiary/aromatic N) is 1. The van der Waals surface area contributed by atoms with Crippen LogP contribution in [-0.4, -0.2) is 71.5 Å². The molecule has 3 amide bonds. The number of carboxylic acid groups (broad SMARTS) is 1. The molecule has 30 heavy (non-hydrogen) atoms. The summed E-state index contributed by atoms with van der Waals surface area (Å²) in [5.74, 6) is -2.18. The van der Waals surface area contributed by atoms with Crippen LogP contribution in [0.5, 0.6) is 0 Å². The van der Waals surface area contributed by atoms with E-state index < -0.39 is 29.9 Å². The number of nitrogens with one attached hydrogen (secondary N) is 3. The quantitative estimate of drug-likeness (QED) is 0.459. The van der Waals surface area contributed by atoms with Gasteiger partial charge in [-0.3, -0.25) is 14.4 Å². The second kappa shape index (κ2) is 10.2. The van der Waals surface area contributed by atoms with E-state index in [1.807, 2.05) is 30.3 Å². The molecule has 0 radical (unpaired) electrons. The van der Waals surface area contributed by atoms with Crippen molar-refractivity contribution in [3.05, 3.63) is 35.9 Å². The molecule has 3 rings (SSSR count). The Kier molecular flexibility index (Phi) is 7.40.